The van der Waals surface area contributed by atoms with E-state index >= 15 is 0 Å². The van der Waals surface area contributed by atoms with E-state index in [9.17, 15) is 5.11 Å². The second kappa shape index (κ2) is 12.6. The molecule has 0 saturated carbocycles. The molecule has 2 fully saturated rings. The Morgan fingerprint density at radius 1 is 0.567 bits per heavy atom. The summed E-state index contributed by atoms with van der Waals surface area (Å²) in [7, 11) is 10.8. The van der Waals surface area contributed by atoms with Crippen molar-refractivity contribution in [2.75, 3.05) is 63.0 Å². The lowest BCUT2D eigenvalue weighted by Gasteiger charge is -2.46. The van der Waals surface area contributed by atoms with Crippen molar-refractivity contribution in [1.29, 1.82) is 0 Å². The summed E-state index contributed by atoms with van der Waals surface area (Å²) >= 11 is 0. The fraction of sp³-hybridized carbons (Fsp3) is 1.00. The first-order chi connectivity index (χ1) is 14.5. The van der Waals surface area contributed by atoms with E-state index in [0.717, 1.165) is 0 Å². The number of ether oxygens (including phenoxy) is 10. The summed E-state index contributed by atoms with van der Waals surface area (Å²) in [5.74, 6) is 0. The zero-order valence-corrected chi connectivity index (χ0v) is 18.7. The van der Waals surface area contributed by atoms with Crippen LogP contribution >= 0.6 is 0 Å². The minimum atomic E-state index is -1.20. The summed E-state index contributed by atoms with van der Waals surface area (Å²) in [4.78, 5) is 0. The van der Waals surface area contributed by atoms with E-state index < -0.39 is 61.4 Å². The first kappa shape index (κ1) is 25.8. The number of hydrogen-bond acceptors (Lipinski definition) is 11. The fourth-order valence-electron chi connectivity index (χ4n) is 4.14. The van der Waals surface area contributed by atoms with Gasteiger partial charge in [-0.15, -0.1) is 0 Å². The molecule has 30 heavy (non-hydrogen) atoms. The molecule has 11 nitrogen and oxygen atoms in total. The minimum Gasteiger partial charge on any atom is -0.382 e. The Morgan fingerprint density at radius 3 is 1.50 bits per heavy atom. The highest BCUT2D eigenvalue weighted by Gasteiger charge is 2.50. The van der Waals surface area contributed by atoms with Crippen LogP contribution in [0.2, 0.25) is 0 Å². The van der Waals surface area contributed by atoms with Crippen LogP contribution in [0.25, 0.3) is 0 Å². The van der Waals surface area contributed by atoms with Gasteiger partial charge in [0.1, 0.15) is 48.8 Å². The van der Waals surface area contributed by atoms with Crippen molar-refractivity contribution in [3.05, 3.63) is 0 Å². The summed E-state index contributed by atoms with van der Waals surface area (Å²) in [6.45, 7) is 0.333. The minimum absolute atomic E-state index is 0.0458. The first-order valence-electron chi connectivity index (χ1n) is 9.77. The molecule has 2 saturated heterocycles. The average molecular weight is 440 g/mol. The smallest absolute Gasteiger partial charge is 0.187 e. The van der Waals surface area contributed by atoms with Gasteiger partial charge in [0, 0.05) is 49.8 Å². The molecule has 1 N–H and O–H groups in total. The van der Waals surface area contributed by atoms with Gasteiger partial charge in [-0.3, -0.25) is 0 Å². The van der Waals surface area contributed by atoms with E-state index in [-0.39, 0.29) is 13.2 Å². The third kappa shape index (κ3) is 5.48. The number of methoxy groups -OCH3 is 7. The predicted octanol–water partition coefficient (Wildman–Crippen LogP) is -0.818. The van der Waals surface area contributed by atoms with E-state index in [4.69, 9.17) is 47.4 Å². The van der Waals surface area contributed by atoms with E-state index in [2.05, 4.69) is 0 Å². The molecule has 11 heteroatoms. The molecule has 0 amide bonds. The van der Waals surface area contributed by atoms with Gasteiger partial charge in [-0.2, -0.15) is 0 Å². The van der Waals surface area contributed by atoms with Crippen LogP contribution in [0.3, 0.4) is 0 Å². The van der Waals surface area contributed by atoms with Crippen molar-refractivity contribution in [3.63, 3.8) is 0 Å². The molecule has 0 spiro atoms. The maximum absolute atomic E-state index is 10.3. The van der Waals surface area contributed by atoms with Crippen LogP contribution in [0, 0.1) is 0 Å². The summed E-state index contributed by atoms with van der Waals surface area (Å²) in [6, 6.07) is 0. The van der Waals surface area contributed by atoms with Crippen molar-refractivity contribution < 1.29 is 52.5 Å². The lowest BCUT2D eigenvalue weighted by atomic mass is 9.97. The molecule has 0 aromatic carbocycles. The number of hydrogen-bond donors (Lipinski definition) is 1. The van der Waals surface area contributed by atoms with Crippen LogP contribution in [-0.2, 0) is 47.4 Å². The normalized spacial score (nSPS) is 42.4. The van der Waals surface area contributed by atoms with Crippen molar-refractivity contribution in [2.45, 2.75) is 61.4 Å². The molecule has 0 radical (unpaired) electrons. The van der Waals surface area contributed by atoms with Gasteiger partial charge < -0.3 is 52.5 Å². The maximum Gasteiger partial charge on any atom is 0.187 e. The van der Waals surface area contributed by atoms with Gasteiger partial charge in [-0.05, 0) is 0 Å². The topological polar surface area (TPSA) is 113 Å². The Morgan fingerprint density at radius 2 is 1.03 bits per heavy atom. The number of rotatable bonds is 11. The standard InChI is InChI=1S/C19H36O11/c1-21-8-10-12(22-2)15(25-5)17(27-7)19(30-10)28-9-11-13(23-3)14(24-4)16(26-6)18(20)29-11/h10-20H,8-9H2,1-7H3/t10-,11-,12-,13-,14+,15+,16-,17-,18?,19+/m1/s1. The molecule has 0 bridgehead atoms. The molecular weight excluding hydrogens is 404 g/mol. The van der Waals surface area contributed by atoms with Gasteiger partial charge in [0.15, 0.2) is 12.6 Å². The van der Waals surface area contributed by atoms with Crippen LogP contribution in [-0.4, -0.2) is 130 Å². The molecule has 0 aromatic heterocycles. The molecule has 2 aliphatic heterocycles. The Labute approximate surface area is 177 Å². The van der Waals surface area contributed by atoms with Crippen molar-refractivity contribution in [1.82, 2.24) is 0 Å². The fourth-order valence-corrected chi connectivity index (χ4v) is 4.14. The monoisotopic (exact) mass is 440 g/mol. The van der Waals surface area contributed by atoms with Crippen LogP contribution in [0.1, 0.15) is 0 Å². The van der Waals surface area contributed by atoms with Crippen molar-refractivity contribution in [2.24, 2.45) is 0 Å². The van der Waals surface area contributed by atoms with Gasteiger partial charge in [0.05, 0.1) is 13.2 Å². The Hall–Kier alpha value is -0.440. The van der Waals surface area contributed by atoms with Crippen molar-refractivity contribution >= 4 is 0 Å². The van der Waals surface area contributed by atoms with Gasteiger partial charge in [0.2, 0.25) is 0 Å². The lowest BCUT2D eigenvalue weighted by Crippen LogP contribution is -2.63. The SMILES string of the molecule is COC[C@H]1O[C@H](OC[C@H]2OC(O)[C@H](OC)[C@@H](OC)[C@@H]2OC)[C@H](OC)[C@@H](OC)[C@@H]1OC. The molecular formula is C19H36O11. The average Bonchev–Trinajstić information content (AvgIpc) is 2.76. The van der Waals surface area contributed by atoms with E-state index in [0.29, 0.717) is 0 Å². The molecule has 0 aliphatic carbocycles. The molecule has 10 atom stereocenters. The van der Waals surface area contributed by atoms with E-state index in [1.165, 1.54) is 21.3 Å². The van der Waals surface area contributed by atoms with Gasteiger partial charge >= 0.3 is 0 Å². The molecule has 2 aliphatic rings. The quantitative estimate of drug-likeness (QED) is 0.435. The van der Waals surface area contributed by atoms with Crippen LogP contribution < -0.4 is 0 Å². The largest absolute Gasteiger partial charge is 0.382 e. The Bertz CT molecular complexity index is 481. The van der Waals surface area contributed by atoms with Gasteiger partial charge in [0.25, 0.3) is 0 Å². The molecule has 178 valence electrons. The highest BCUT2D eigenvalue weighted by molar-refractivity contribution is 4.94. The summed E-state index contributed by atoms with van der Waals surface area (Å²) in [6.07, 6.45) is -6.23. The number of aliphatic hydroxyl groups is 1. The molecule has 2 heterocycles. The van der Waals surface area contributed by atoms with Gasteiger partial charge in [-0.25, -0.2) is 0 Å². The van der Waals surface area contributed by atoms with Crippen LogP contribution in [0.4, 0.5) is 0 Å². The molecule has 2 rings (SSSR count). The highest BCUT2D eigenvalue weighted by Crippen LogP contribution is 2.30. The van der Waals surface area contributed by atoms with Crippen LogP contribution in [0.5, 0.6) is 0 Å². The summed E-state index contributed by atoms with van der Waals surface area (Å²) in [5, 5.41) is 10.3. The zero-order chi connectivity index (χ0) is 22.3. The summed E-state index contributed by atoms with van der Waals surface area (Å²) in [5.41, 5.74) is 0. The Kier molecular flexibility index (Phi) is 10.8. The zero-order valence-electron chi connectivity index (χ0n) is 18.7. The predicted molar refractivity (Wildman–Crippen MR) is 102 cm³/mol. The molecule has 0 aromatic rings. The lowest BCUT2D eigenvalue weighted by molar-refractivity contribution is -0.336. The number of aliphatic hydroxyl groups excluding tert-OH is 1. The third-order valence-electron chi connectivity index (χ3n) is 5.59. The summed E-state index contributed by atoms with van der Waals surface area (Å²) < 4.78 is 56.1. The second-order valence-electron chi connectivity index (χ2n) is 7.10. The van der Waals surface area contributed by atoms with E-state index in [1.807, 2.05) is 0 Å². The third-order valence-corrected chi connectivity index (χ3v) is 5.59. The first-order valence-corrected chi connectivity index (χ1v) is 9.77. The van der Waals surface area contributed by atoms with Gasteiger partial charge in [-0.1, -0.05) is 0 Å². The van der Waals surface area contributed by atoms with Crippen LogP contribution in [0.15, 0.2) is 0 Å². The second-order valence-corrected chi connectivity index (χ2v) is 7.10. The highest BCUT2D eigenvalue weighted by atomic mass is 16.7. The Balaban J connectivity index is 2.12. The molecule has 1 unspecified atom stereocenters. The van der Waals surface area contributed by atoms with E-state index in [1.54, 1.807) is 28.4 Å². The van der Waals surface area contributed by atoms with Crippen molar-refractivity contribution in [3.8, 4) is 0 Å². The maximum atomic E-state index is 10.3.